The Morgan fingerprint density at radius 1 is 1.09 bits per heavy atom. The number of ether oxygens (including phenoxy) is 1. The van der Waals surface area contributed by atoms with Gasteiger partial charge in [0.1, 0.15) is 5.75 Å². The normalized spacial score (nSPS) is 19.2. The fourth-order valence-corrected chi connectivity index (χ4v) is 5.10. The third-order valence-corrected chi connectivity index (χ3v) is 7.37. The third-order valence-electron chi connectivity index (χ3n) is 5.47. The standard InChI is InChI=1S/C21H21F2N3O5S/c1-2-18-20(27)24-17-12-14(4-6-19(17)31-18)32(29,30)26-9-7-25(8-10-26)21(28)13-3-5-15(22)16(23)11-13/h3-6,11-12,18H,2,7-10H2,1H3,(H,24,27). The van der Waals surface area contributed by atoms with Crippen LogP contribution in [-0.2, 0) is 14.8 Å². The van der Waals surface area contributed by atoms with E-state index >= 15 is 0 Å². The van der Waals surface area contributed by atoms with E-state index in [9.17, 15) is 26.8 Å². The predicted octanol–water partition coefficient (Wildman–Crippen LogP) is 2.22. The summed E-state index contributed by atoms with van der Waals surface area (Å²) in [5.74, 6) is -2.60. The molecule has 1 saturated heterocycles. The molecule has 2 aromatic rings. The molecule has 11 heteroatoms. The number of carbonyl (C=O) groups excluding carboxylic acids is 2. The van der Waals surface area contributed by atoms with Crippen molar-refractivity contribution in [2.45, 2.75) is 24.3 Å². The van der Waals surface area contributed by atoms with Gasteiger partial charge in [-0.15, -0.1) is 0 Å². The smallest absolute Gasteiger partial charge is 0.265 e. The first kappa shape index (κ1) is 22.2. The molecule has 0 aliphatic carbocycles. The molecule has 2 heterocycles. The molecule has 2 amide bonds. The van der Waals surface area contributed by atoms with Crippen LogP contribution in [0.2, 0.25) is 0 Å². The summed E-state index contributed by atoms with van der Waals surface area (Å²) in [6.45, 7) is 2.08. The molecule has 0 aromatic heterocycles. The second-order valence-corrected chi connectivity index (χ2v) is 9.43. The minimum Gasteiger partial charge on any atom is -0.478 e. The van der Waals surface area contributed by atoms with Crippen LogP contribution in [0, 0.1) is 11.6 Å². The predicted molar refractivity (Wildman–Crippen MR) is 111 cm³/mol. The summed E-state index contributed by atoms with van der Waals surface area (Å²) < 4.78 is 59.5. The summed E-state index contributed by atoms with van der Waals surface area (Å²) in [4.78, 5) is 26.0. The van der Waals surface area contributed by atoms with Gasteiger partial charge in [-0.3, -0.25) is 9.59 Å². The van der Waals surface area contributed by atoms with Gasteiger partial charge in [0.15, 0.2) is 17.7 Å². The third kappa shape index (κ3) is 4.05. The first-order valence-electron chi connectivity index (χ1n) is 10.1. The minimum atomic E-state index is -3.88. The lowest BCUT2D eigenvalue weighted by molar-refractivity contribution is -0.123. The van der Waals surface area contributed by atoms with Crippen LogP contribution in [0.1, 0.15) is 23.7 Å². The molecule has 0 spiro atoms. The van der Waals surface area contributed by atoms with Crippen molar-refractivity contribution >= 4 is 27.5 Å². The highest BCUT2D eigenvalue weighted by Crippen LogP contribution is 2.33. The maximum absolute atomic E-state index is 13.4. The number of carbonyl (C=O) groups is 2. The maximum Gasteiger partial charge on any atom is 0.265 e. The Hall–Kier alpha value is -3.05. The van der Waals surface area contributed by atoms with Crippen LogP contribution in [0.15, 0.2) is 41.3 Å². The molecule has 0 radical (unpaired) electrons. The van der Waals surface area contributed by atoms with Gasteiger partial charge in [-0.05, 0) is 42.8 Å². The van der Waals surface area contributed by atoms with E-state index in [1.807, 2.05) is 6.92 Å². The zero-order chi connectivity index (χ0) is 23.0. The first-order valence-corrected chi connectivity index (χ1v) is 11.5. The molecule has 4 rings (SSSR count). The summed E-state index contributed by atoms with van der Waals surface area (Å²) in [6.07, 6.45) is -0.135. The lowest BCUT2D eigenvalue weighted by atomic mass is 10.1. The van der Waals surface area contributed by atoms with E-state index in [2.05, 4.69) is 5.32 Å². The second kappa shape index (κ2) is 8.47. The van der Waals surface area contributed by atoms with Crippen molar-refractivity contribution in [3.63, 3.8) is 0 Å². The fourth-order valence-electron chi connectivity index (χ4n) is 3.65. The van der Waals surface area contributed by atoms with Crippen LogP contribution in [0.5, 0.6) is 5.75 Å². The number of amides is 2. The fraction of sp³-hybridized carbons (Fsp3) is 0.333. The lowest BCUT2D eigenvalue weighted by Gasteiger charge is -2.34. The van der Waals surface area contributed by atoms with E-state index in [1.54, 1.807) is 0 Å². The largest absolute Gasteiger partial charge is 0.478 e. The van der Waals surface area contributed by atoms with Crippen molar-refractivity contribution in [1.82, 2.24) is 9.21 Å². The van der Waals surface area contributed by atoms with Crippen LogP contribution in [0.4, 0.5) is 14.5 Å². The van der Waals surface area contributed by atoms with Gasteiger partial charge in [0.05, 0.1) is 10.6 Å². The monoisotopic (exact) mass is 465 g/mol. The van der Waals surface area contributed by atoms with Gasteiger partial charge in [0.2, 0.25) is 10.0 Å². The molecular weight excluding hydrogens is 444 g/mol. The van der Waals surface area contributed by atoms with E-state index in [-0.39, 0.29) is 48.2 Å². The van der Waals surface area contributed by atoms with Gasteiger partial charge < -0.3 is 15.0 Å². The molecular formula is C21H21F2N3O5S. The summed E-state index contributed by atoms with van der Waals surface area (Å²) in [5.41, 5.74) is 0.281. The van der Waals surface area contributed by atoms with Crippen molar-refractivity contribution in [2.24, 2.45) is 0 Å². The van der Waals surface area contributed by atoms with E-state index in [1.165, 1.54) is 33.5 Å². The summed E-state index contributed by atoms with van der Waals surface area (Å²) in [7, 11) is -3.88. The van der Waals surface area contributed by atoms with Crippen LogP contribution in [0.25, 0.3) is 0 Å². The van der Waals surface area contributed by atoms with Gasteiger partial charge in [0.25, 0.3) is 11.8 Å². The van der Waals surface area contributed by atoms with Crippen LogP contribution in [0.3, 0.4) is 0 Å². The zero-order valence-electron chi connectivity index (χ0n) is 17.2. The molecule has 1 N–H and O–H groups in total. The summed E-state index contributed by atoms with van der Waals surface area (Å²) in [6, 6.07) is 7.17. The Labute approximate surface area is 183 Å². The van der Waals surface area contributed by atoms with Crippen molar-refractivity contribution < 1.29 is 31.5 Å². The van der Waals surface area contributed by atoms with Crippen LogP contribution in [-0.4, -0.2) is 61.7 Å². The molecule has 8 nitrogen and oxygen atoms in total. The lowest BCUT2D eigenvalue weighted by Crippen LogP contribution is -2.50. The zero-order valence-corrected chi connectivity index (χ0v) is 18.0. The highest BCUT2D eigenvalue weighted by molar-refractivity contribution is 7.89. The van der Waals surface area contributed by atoms with Crippen LogP contribution >= 0.6 is 0 Å². The molecule has 0 saturated carbocycles. The number of piperazine rings is 1. The highest BCUT2D eigenvalue weighted by atomic mass is 32.2. The molecule has 2 aromatic carbocycles. The van der Waals surface area contributed by atoms with E-state index in [4.69, 9.17) is 4.74 Å². The molecule has 1 unspecified atom stereocenters. The van der Waals surface area contributed by atoms with Crippen molar-refractivity contribution in [2.75, 3.05) is 31.5 Å². The number of sulfonamides is 1. The van der Waals surface area contributed by atoms with E-state index < -0.39 is 33.7 Å². The quantitative estimate of drug-likeness (QED) is 0.747. The molecule has 2 aliphatic rings. The number of nitrogens with one attached hydrogen (secondary N) is 1. The molecule has 32 heavy (non-hydrogen) atoms. The number of rotatable bonds is 4. The van der Waals surface area contributed by atoms with Gasteiger partial charge in [-0.25, -0.2) is 17.2 Å². The second-order valence-electron chi connectivity index (χ2n) is 7.49. The summed E-state index contributed by atoms with van der Waals surface area (Å²) in [5, 5.41) is 2.67. The molecule has 2 aliphatic heterocycles. The molecule has 1 atom stereocenters. The Morgan fingerprint density at radius 3 is 2.47 bits per heavy atom. The number of fused-ring (bicyclic) bond motifs is 1. The van der Waals surface area contributed by atoms with Gasteiger partial charge in [-0.2, -0.15) is 4.31 Å². The minimum absolute atomic E-state index is 0.00369. The van der Waals surface area contributed by atoms with Gasteiger partial charge in [-0.1, -0.05) is 6.92 Å². The number of hydrogen-bond donors (Lipinski definition) is 1. The van der Waals surface area contributed by atoms with Gasteiger partial charge in [0, 0.05) is 31.7 Å². The molecule has 1 fully saturated rings. The molecule has 0 bridgehead atoms. The average molecular weight is 465 g/mol. The Balaban J connectivity index is 1.46. The van der Waals surface area contributed by atoms with Crippen LogP contribution < -0.4 is 10.1 Å². The average Bonchev–Trinajstić information content (AvgIpc) is 2.79. The Kier molecular flexibility index (Phi) is 5.87. The topological polar surface area (TPSA) is 96.0 Å². The Morgan fingerprint density at radius 2 is 1.81 bits per heavy atom. The number of halogens is 2. The summed E-state index contributed by atoms with van der Waals surface area (Å²) >= 11 is 0. The number of hydrogen-bond acceptors (Lipinski definition) is 5. The number of benzene rings is 2. The van der Waals surface area contributed by atoms with E-state index in [0.29, 0.717) is 12.2 Å². The molecule has 170 valence electrons. The van der Waals surface area contributed by atoms with E-state index in [0.717, 1.165) is 12.1 Å². The Bertz CT molecular complexity index is 1180. The SMILES string of the molecule is CCC1Oc2ccc(S(=O)(=O)N3CCN(C(=O)c4ccc(F)c(F)c4)CC3)cc2NC1=O. The van der Waals surface area contributed by atoms with Crippen molar-refractivity contribution in [3.05, 3.63) is 53.6 Å². The first-order chi connectivity index (χ1) is 15.2. The number of anilines is 1. The highest BCUT2D eigenvalue weighted by Gasteiger charge is 2.33. The van der Waals surface area contributed by atoms with Crippen molar-refractivity contribution in [1.29, 1.82) is 0 Å². The van der Waals surface area contributed by atoms with Crippen molar-refractivity contribution in [3.8, 4) is 5.75 Å². The maximum atomic E-state index is 13.4. The number of nitrogens with zero attached hydrogens (tertiary/aromatic N) is 2. The van der Waals surface area contributed by atoms with Gasteiger partial charge >= 0.3 is 0 Å².